The number of aromatic nitrogens is 3. The fraction of sp³-hybridized carbons (Fsp3) is 0.105. The number of aryl methyl sites for hydroxylation is 2. The molecule has 0 N–H and O–H groups in total. The number of hydrogen-bond donors (Lipinski definition) is 0. The van der Waals surface area contributed by atoms with Gasteiger partial charge in [0.15, 0.2) is 0 Å². The first-order valence-corrected chi connectivity index (χ1v) is 8.38. The Morgan fingerprint density at radius 1 is 0.875 bits per heavy atom. The summed E-state index contributed by atoms with van der Waals surface area (Å²) in [5, 5.41) is 0.973. The number of rotatable bonds is 2. The molecule has 3 nitrogen and oxygen atoms in total. The Hall–Kier alpha value is -2.66. The summed E-state index contributed by atoms with van der Waals surface area (Å²) in [5.74, 6) is -0.201. The number of thiazole rings is 1. The van der Waals surface area contributed by atoms with Crippen molar-refractivity contribution in [3.63, 3.8) is 0 Å². The van der Waals surface area contributed by atoms with E-state index < -0.39 is 0 Å². The summed E-state index contributed by atoms with van der Waals surface area (Å²) in [5.41, 5.74) is 5.18. The van der Waals surface area contributed by atoms with E-state index in [0.717, 1.165) is 37.7 Å². The van der Waals surface area contributed by atoms with Gasteiger partial charge >= 0.3 is 0 Å². The molecule has 0 saturated heterocycles. The largest absolute Gasteiger partial charge is 0.253 e. The highest BCUT2D eigenvalue weighted by atomic mass is 32.1. The van der Waals surface area contributed by atoms with Crippen molar-refractivity contribution in [2.24, 2.45) is 0 Å². The molecule has 4 aromatic rings. The predicted molar refractivity (Wildman–Crippen MR) is 95.5 cm³/mol. The lowest BCUT2D eigenvalue weighted by molar-refractivity contribution is 0.619. The number of nitrogens with zero attached hydrogens (tertiary/aromatic N) is 3. The second-order valence-electron chi connectivity index (χ2n) is 5.63. The highest BCUT2D eigenvalue weighted by Crippen LogP contribution is 2.37. The first kappa shape index (κ1) is 14.9. The summed E-state index contributed by atoms with van der Waals surface area (Å²) in [7, 11) is 0. The molecule has 0 amide bonds. The normalized spacial score (nSPS) is 11.1. The Bertz CT molecular complexity index is 1060. The third kappa shape index (κ3) is 2.57. The lowest BCUT2D eigenvalue weighted by Gasteiger charge is -2.05. The zero-order valence-corrected chi connectivity index (χ0v) is 14.1. The zero-order chi connectivity index (χ0) is 16.7. The van der Waals surface area contributed by atoms with Crippen molar-refractivity contribution < 1.29 is 4.39 Å². The molecule has 24 heavy (non-hydrogen) atoms. The topological polar surface area (TPSA) is 38.7 Å². The molecule has 0 aliphatic rings. The SMILES string of the molecule is Cc1nc(-c2ccc(F)c(C)c2)c(-c2ccc3nccnc3c2)s1. The Labute approximate surface area is 142 Å². The standard InChI is InChI=1S/C19H14FN3S/c1-11-9-13(3-5-15(11)20)18-19(24-12(2)23-18)14-4-6-16-17(10-14)22-8-7-21-16/h3-10H,1-2H3. The maximum atomic E-state index is 13.6. The first-order chi connectivity index (χ1) is 11.6. The molecule has 0 fully saturated rings. The van der Waals surface area contributed by atoms with Crippen molar-refractivity contribution >= 4 is 22.4 Å². The fourth-order valence-corrected chi connectivity index (χ4v) is 3.65. The summed E-state index contributed by atoms with van der Waals surface area (Å²) in [4.78, 5) is 14.4. The van der Waals surface area contributed by atoms with Crippen LogP contribution in [-0.2, 0) is 0 Å². The molecule has 5 heteroatoms. The summed E-state index contributed by atoms with van der Waals surface area (Å²) in [6.07, 6.45) is 3.37. The van der Waals surface area contributed by atoms with Gasteiger partial charge in [-0.05, 0) is 55.3 Å². The van der Waals surface area contributed by atoms with Gasteiger partial charge in [0, 0.05) is 18.0 Å². The van der Waals surface area contributed by atoms with Crippen molar-refractivity contribution in [3.05, 3.63) is 65.2 Å². The highest BCUT2D eigenvalue weighted by molar-refractivity contribution is 7.15. The average molecular weight is 335 g/mol. The van der Waals surface area contributed by atoms with Crippen molar-refractivity contribution in [2.45, 2.75) is 13.8 Å². The van der Waals surface area contributed by atoms with E-state index in [1.54, 1.807) is 36.7 Å². The lowest BCUT2D eigenvalue weighted by atomic mass is 10.0. The average Bonchev–Trinajstić information content (AvgIpc) is 2.99. The monoisotopic (exact) mass is 335 g/mol. The Morgan fingerprint density at radius 3 is 2.42 bits per heavy atom. The molecule has 0 spiro atoms. The van der Waals surface area contributed by atoms with Gasteiger partial charge in [-0.3, -0.25) is 9.97 Å². The number of halogens is 1. The van der Waals surface area contributed by atoms with E-state index in [1.165, 1.54) is 6.07 Å². The van der Waals surface area contributed by atoms with Gasteiger partial charge in [0.25, 0.3) is 0 Å². The van der Waals surface area contributed by atoms with Gasteiger partial charge in [-0.1, -0.05) is 6.07 Å². The second-order valence-corrected chi connectivity index (χ2v) is 6.84. The van der Waals surface area contributed by atoms with Gasteiger partial charge in [-0.25, -0.2) is 9.37 Å². The van der Waals surface area contributed by atoms with E-state index in [4.69, 9.17) is 0 Å². The third-order valence-corrected chi connectivity index (χ3v) is 4.92. The summed E-state index contributed by atoms with van der Waals surface area (Å²) < 4.78 is 13.6. The Kier molecular flexibility index (Phi) is 3.58. The van der Waals surface area contributed by atoms with Crippen LogP contribution in [0.1, 0.15) is 10.6 Å². The fourth-order valence-electron chi connectivity index (χ4n) is 2.71. The van der Waals surface area contributed by atoms with Crippen molar-refractivity contribution in [1.29, 1.82) is 0 Å². The van der Waals surface area contributed by atoms with Crippen LogP contribution in [0.15, 0.2) is 48.8 Å². The van der Waals surface area contributed by atoms with E-state index in [0.29, 0.717) is 5.56 Å². The minimum Gasteiger partial charge on any atom is -0.253 e. The number of hydrogen-bond acceptors (Lipinski definition) is 4. The van der Waals surface area contributed by atoms with Crippen LogP contribution in [0.25, 0.3) is 32.7 Å². The van der Waals surface area contributed by atoms with Gasteiger partial charge in [-0.15, -0.1) is 11.3 Å². The van der Waals surface area contributed by atoms with Crippen LogP contribution in [0.3, 0.4) is 0 Å². The maximum Gasteiger partial charge on any atom is 0.126 e. The molecule has 0 atom stereocenters. The second kappa shape index (κ2) is 5.76. The molecule has 2 heterocycles. The van der Waals surface area contributed by atoms with Crippen LogP contribution in [-0.4, -0.2) is 15.0 Å². The zero-order valence-electron chi connectivity index (χ0n) is 13.2. The van der Waals surface area contributed by atoms with E-state index in [2.05, 4.69) is 15.0 Å². The summed E-state index contributed by atoms with van der Waals surface area (Å²) in [6, 6.07) is 11.1. The Morgan fingerprint density at radius 2 is 1.62 bits per heavy atom. The number of benzene rings is 2. The molecule has 0 aliphatic carbocycles. The molecule has 0 radical (unpaired) electrons. The van der Waals surface area contributed by atoms with Crippen molar-refractivity contribution in [2.75, 3.05) is 0 Å². The van der Waals surface area contributed by atoms with Crippen LogP contribution in [0.5, 0.6) is 0 Å². The minimum absolute atomic E-state index is 0.201. The van der Waals surface area contributed by atoms with Crippen LogP contribution < -0.4 is 0 Å². The van der Waals surface area contributed by atoms with Crippen LogP contribution >= 0.6 is 11.3 Å². The van der Waals surface area contributed by atoms with Gasteiger partial charge < -0.3 is 0 Å². The van der Waals surface area contributed by atoms with Crippen LogP contribution in [0.4, 0.5) is 4.39 Å². The van der Waals surface area contributed by atoms with Gasteiger partial charge in [0.2, 0.25) is 0 Å². The summed E-state index contributed by atoms with van der Waals surface area (Å²) >= 11 is 1.63. The number of fused-ring (bicyclic) bond motifs is 1. The molecule has 2 aromatic carbocycles. The van der Waals surface area contributed by atoms with Crippen molar-refractivity contribution in [1.82, 2.24) is 15.0 Å². The maximum absolute atomic E-state index is 13.6. The molecule has 4 rings (SSSR count). The molecule has 0 aliphatic heterocycles. The minimum atomic E-state index is -0.201. The molecular formula is C19H14FN3S. The van der Waals surface area contributed by atoms with Gasteiger partial charge in [0.1, 0.15) is 5.82 Å². The van der Waals surface area contributed by atoms with E-state index >= 15 is 0 Å². The first-order valence-electron chi connectivity index (χ1n) is 7.57. The highest BCUT2D eigenvalue weighted by Gasteiger charge is 2.15. The molecule has 118 valence electrons. The lowest BCUT2D eigenvalue weighted by Crippen LogP contribution is -1.88. The quantitative estimate of drug-likeness (QED) is 0.507. The summed E-state index contributed by atoms with van der Waals surface area (Å²) in [6.45, 7) is 3.75. The molecule has 0 unspecified atom stereocenters. The van der Waals surface area contributed by atoms with E-state index in [9.17, 15) is 4.39 Å². The molecule has 0 bridgehead atoms. The predicted octanol–water partition coefficient (Wildman–Crippen LogP) is 5.18. The smallest absolute Gasteiger partial charge is 0.126 e. The van der Waals surface area contributed by atoms with E-state index in [-0.39, 0.29) is 5.82 Å². The third-order valence-electron chi connectivity index (χ3n) is 3.90. The molecular weight excluding hydrogens is 321 g/mol. The molecule has 2 aromatic heterocycles. The van der Waals surface area contributed by atoms with E-state index in [1.807, 2.05) is 31.2 Å². The molecule has 0 saturated carbocycles. The Balaban J connectivity index is 1.90. The van der Waals surface area contributed by atoms with Crippen LogP contribution in [0.2, 0.25) is 0 Å². The van der Waals surface area contributed by atoms with Gasteiger partial charge in [0.05, 0.1) is 26.6 Å². The van der Waals surface area contributed by atoms with Crippen molar-refractivity contribution in [3.8, 4) is 21.7 Å². The van der Waals surface area contributed by atoms with Crippen LogP contribution in [0, 0.1) is 19.7 Å². The van der Waals surface area contributed by atoms with Gasteiger partial charge in [-0.2, -0.15) is 0 Å².